The number of alkyl halides is 1. The van der Waals surface area contributed by atoms with Crippen LogP contribution in [0.25, 0.3) is 11.0 Å². The van der Waals surface area contributed by atoms with Gasteiger partial charge in [0.25, 0.3) is 0 Å². The average molecular weight is 304 g/mol. The van der Waals surface area contributed by atoms with Crippen molar-refractivity contribution in [3.05, 3.63) is 58.9 Å². The van der Waals surface area contributed by atoms with Gasteiger partial charge in [-0.1, -0.05) is 6.07 Å². The lowest BCUT2D eigenvalue weighted by Gasteiger charge is -2.08. The second-order valence-electron chi connectivity index (χ2n) is 5.11. The number of halogens is 2. The number of aryl methyl sites for hydroxylation is 2. The maximum atomic E-state index is 13.7. The van der Waals surface area contributed by atoms with Gasteiger partial charge in [0.05, 0.1) is 29.2 Å². The molecule has 108 valence electrons. The summed E-state index contributed by atoms with van der Waals surface area (Å²) < 4.78 is 15.7. The topological polar surface area (TPSA) is 30.7 Å². The first-order chi connectivity index (χ1) is 10.1. The molecule has 2 heterocycles. The summed E-state index contributed by atoms with van der Waals surface area (Å²) in [4.78, 5) is 8.92. The van der Waals surface area contributed by atoms with E-state index in [1.165, 1.54) is 6.07 Å². The molecular formula is C16H15ClFN3. The van der Waals surface area contributed by atoms with Crippen molar-refractivity contribution in [2.45, 2.75) is 26.3 Å². The van der Waals surface area contributed by atoms with E-state index in [1.807, 2.05) is 35.8 Å². The number of aromatic nitrogens is 3. The Bertz CT molecular complexity index is 811. The van der Waals surface area contributed by atoms with Gasteiger partial charge in [-0.2, -0.15) is 0 Å². The van der Waals surface area contributed by atoms with Crippen LogP contribution < -0.4 is 0 Å². The monoisotopic (exact) mass is 303 g/mol. The highest BCUT2D eigenvalue weighted by atomic mass is 35.5. The van der Waals surface area contributed by atoms with Gasteiger partial charge < -0.3 is 4.57 Å². The third-order valence-electron chi connectivity index (χ3n) is 3.49. The van der Waals surface area contributed by atoms with Crippen LogP contribution in [0.5, 0.6) is 0 Å². The van der Waals surface area contributed by atoms with Crippen molar-refractivity contribution in [1.29, 1.82) is 0 Å². The number of pyridine rings is 1. The number of benzene rings is 1. The van der Waals surface area contributed by atoms with Crippen molar-refractivity contribution < 1.29 is 4.39 Å². The van der Waals surface area contributed by atoms with Crippen molar-refractivity contribution in [2.24, 2.45) is 0 Å². The molecular weight excluding hydrogens is 289 g/mol. The van der Waals surface area contributed by atoms with E-state index in [2.05, 4.69) is 9.97 Å². The normalized spacial score (nSPS) is 11.2. The second kappa shape index (κ2) is 5.45. The molecule has 0 radical (unpaired) electrons. The highest BCUT2D eigenvalue weighted by Gasteiger charge is 2.13. The summed E-state index contributed by atoms with van der Waals surface area (Å²) in [6, 6.07) is 9.16. The molecule has 0 N–H and O–H groups in total. The van der Waals surface area contributed by atoms with Crippen LogP contribution in [0.2, 0.25) is 0 Å². The SMILES string of the molecule is Cc1cccc(Cn2c(CCl)nc3cc(F)c(C)cc32)n1. The predicted octanol–water partition coefficient (Wildman–Crippen LogP) is 3.97. The largest absolute Gasteiger partial charge is 0.321 e. The second-order valence-corrected chi connectivity index (χ2v) is 5.38. The van der Waals surface area contributed by atoms with Gasteiger partial charge in [0.2, 0.25) is 0 Å². The molecule has 0 bridgehead atoms. The molecule has 0 unspecified atom stereocenters. The zero-order valence-electron chi connectivity index (χ0n) is 11.9. The van der Waals surface area contributed by atoms with E-state index in [0.29, 0.717) is 17.6 Å². The Hall–Kier alpha value is -1.94. The fraction of sp³-hybridized carbons (Fsp3) is 0.250. The third-order valence-corrected chi connectivity index (χ3v) is 3.73. The molecule has 0 atom stereocenters. The van der Waals surface area contributed by atoms with Gasteiger partial charge in [-0.05, 0) is 37.6 Å². The van der Waals surface area contributed by atoms with Gasteiger partial charge in [-0.15, -0.1) is 11.6 Å². The molecule has 0 saturated carbocycles. The predicted molar refractivity (Wildman–Crippen MR) is 82.1 cm³/mol. The van der Waals surface area contributed by atoms with Crippen LogP contribution in [0.3, 0.4) is 0 Å². The van der Waals surface area contributed by atoms with E-state index < -0.39 is 0 Å². The lowest BCUT2D eigenvalue weighted by molar-refractivity contribution is 0.620. The van der Waals surface area contributed by atoms with E-state index in [1.54, 1.807) is 6.92 Å². The average Bonchev–Trinajstić information content (AvgIpc) is 2.77. The molecule has 0 amide bonds. The molecule has 0 aliphatic heterocycles. The van der Waals surface area contributed by atoms with Crippen molar-refractivity contribution >= 4 is 22.6 Å². The molecule has 3 aromatic rings. The molecule has 0 saturated heterocycles. The summed E-state index contributed by atoms with van der Waals surface area (Å²) in [5, 5.41) is 0. The highest BCUT2D eigenvalue weighted by Crippen LogP contribution is 2.22. The quantitative estimate of drug-likeness (QED) is 0.685. The van der Waals surface area contributed by atoms with Crippen LogP contribution >= 0.6 is 11.6 Å². The fourth-order valence-corrected chi connectivity index (χ4v) is 2.63. The maximum absolute atomic E-state index is 13.7. The van der Waals surface area contributed by atoms with Crippen molar-refractivity contribution in [3.63, 3.8) is 0 Å². The van der Waals surface area contributed by atoms with E-state index in [9.17, 15) is 4.39 Å². The Kier molecular flexibility index (Phi) is 3.64. The molecule has 5 heteroatoms. The molecule has 3 nitrogen and oxygen atoms in total. The number of nitrogens with zero attached hydrogens (tertiary/aromatic N) is 3. The lowest BCUT2D eigenvalue weighted by atomic mass is 10.2. The van der Waals surface area contributed by atoms with Crippen molar-refractivity contribution in [1.82, 2.24) is 14.5 Å². The minimum Gasteiger partial charge on any atom is -0.321 e. The van der Waals surface area contributed by atoms with E-state index in [-0.39, 0.29) is 11.7 Å². The fourth-order valence-electron chi connectivity index (χ4n) is 2.43. The van der Waals surface area contributed by atoms with Gasteiger partial charge >= 0.3 is 0 Å². The molecule has 3 rings (SSSR count). The molecule has 0 fully saturated rings. The standard InChI is InChI=1S/C16H15ClFN3/c1-10-6-15-14(7-13(10)18)20-16(8-17)21(15)9-12-5-3-4-11(2)19-12/h3-7H,8-9H2,1-2H3. The number of imidazole rings is 1. The summed E-state index contributed by atoms with van der Waals surface area (Å²) in [5.74, 6) is 0.753. The van der Waals surface area contributed by atoms with Crippen LogP contribution in [0, 0.1) is 19.7 Å². The zero-order valence-corrected chi connectivity index (χ0v) is 12.7. The van der Waals surface area contributed by atoms with E-state index in [4.69, 9.17) is 11.6 Å². The Morgan fingerprint density at radius 3 is 2.71 bits per heavy atom. The summed E-state index contributed by atoms with van der Waals surface area (Å²) in [5.41, 5.74) is 4.01. The summed E-state index contributed by atoms with van der Waals surface area (Å²) in [7, 11) is 0. The van der Waals surface area contributed by atoms with Crippen molar-refractivity contribution in [2.75, 3.05) is 0 Å². The Balaban J connectivity index is 2.14. The zero-order chi connectivity index (χ0) is 15.0. The first-order valence-corrected chi connectivity index (χ1v) is 7.25. The molecule has 0 aliphatic carbocycles. The minimum absolute atomic E-state index is 0.248. The van der Waals surface area contributed by atoms with Gasteiger partial charge in [-0.25, -0.2) is 9.37 Å². The van der Waals surface area contributed by atoms with Crippen molar-refractivity contribution in [3.8, 4) is 0 Å². The highest BCUT2D eigenvalue weighted by molar-refractivity contribution is 6.16. The van der Waals surface area contributed by atoms with Gasteiger partial charge in [0.1, 0.15) is 11.6 Å². The number of fused-ring (bicyclic) bond motifs is 1. The number of hydrogen-bond acceptors (Lipinski definition) is 2. The molecule has 1 aromatic carbocycles. The van der Waals surface area contributed by atoms with Gasteiger partial charge in [0, 0.05) is 11.8 Å². The smallest absolute Gasteiger partial charge is 0.128 e. The van der Waals surface area contributed by atoms with Crippen LogP contribution in [0.15, 0.2) is 30.3 Å². The first-order valence-electron chi connectivity index (χ1n) is 6.72. The molecule has 2 aromatic heterocycles. The number of hydrogen-bond donors (Lipinski definition) is 0. The Morgan fingerprint density at radius 2 is 2.00 bits per heavy atom. The Morgan fingerprint density at radius 1 is 1.19 bits per heavy atom. The van der Waals surface area contributed by atoms with Gasteiger partial charge in [0.15, 0.2) is 0 Å². The summed E-state index contributed by atoms with van der Waals surface area (Å²) >= 11 is 5.98. The third kappa shape index (κ3) is 2.63. The Labute approximate surface area is 127 Å². The molecule has 0 spiro atoms. The van der Waals surface area contributed by atoms with Gasteiger partial charge in [-0.3, -0.25) is 4.98 Å². The minimum atomic E-state index is -0.248. The first kappa shape index (κ1) is 14.0. The molecule has 21 heavy (non-hydrogen) atoms. The van der Waals surface area contributed by atoms with E-state index >= 15 is 0 Å². The summed E-state index contributed by atoms with van der Waals surface area (Å²) in [6.07, 6.45) is 0. The maximum Gasteiger partial charge on any atom is 0.128 e. The lowest BCUT2D eigenvalue weighted by Crippen LogP contribution is -2.06. The van der Waals surface area contributed by atoms with Crippen LogP contribution in [0.4, 0.5) is 4.39 Å². The van der Waals surface area contributed by atoms with Crippen LogP contribution in [-0.4, -0.2) is 14.5 Å². The summed E-state index contributed by atoms with van der Waals surface area (Å²) in [6.45, 7) is 4.28. The van der Waals surface area contributed by atoms with Crippen LogP contribution in [0.1, 0.15) is 22.8 Å². The van der Waals surface area contributed by atoms with Crippen LogP contribution in [-0.2, 0) is 12.4 Å². The number of rotatable bonds is 3. The van der Waals surface area contributed by atoms with E-state index in [0.717, 1.165) is 22.7 Å². The molecule has 0 aliphatic rings.